The third-order valence-corrected chi connectivity index (χ3v) is 1.02. The van der Waals surface area contributed by atoms with Crippen LogP contribution in [0.2, 0.25) is 0 Å². The van der Waals surface area contributed by atoms with Gasteiger partial charge in [-0.3, -0.25) is 0 Å². The van der Waals surface area contributed by atoms with Crippen LogP contribution in [0.25, 0.3) is 0 Å². The number of ether oxygens (including phenoxy) is 1. The molecule has 0 fully saturated rings. The topological polar surface area (TPSA) is 49.7 Å². The molecule has 0 aromatic heterocycles. The summed E-state index contributed by atoms with van der Waals surface area (Å²) in [5.74, 6) is 0. The molecular formula is C5H12O3. The molecule has 0 bridgehead atoms. The molecule has 0 aliphatic carbocycles. The van der Waals surface area contributed by atoms with E-state index in [1.807, 2.05) is 0 Å². The van der Waals surface area contributed by atoms with Crippen LogP contribution in [-0.2, 0) is 4.74 Å². The molecule has 0 saturated carbocycles. The number of methoxy groups -OCH3 is 1. The zero-order valence-electron chi connectivity index (χ0n) is 5.16. The van der Waals surface area contributed by atoms with Gasteiger partial charge in [0.15, 0.2) is 0 Å². The SMILES string of the molecule is COC(CO)[C@H](C)O. The molecule has 0 amide bonds. The predicted molar refractivity (Wildman–Crippen MR) is 29.6 cm³/mol. The van der Waals surface area contributed by atoms with Crippen molar-refractivity contribution in [2.45, 2.75) is 19.1 Å². The maximum absolute atomic E-state index is 8.73. The molecule has 0 aliphatic rings. The summed E-state index contributed by atoms with van der Waals surface area (Å²) in [4.78, 5) is 0. The van der Waals surface area contributed by atoms with Crippen LogP contribution >= 0.6 is 0 Å². The average molecular weight is 120 g/mol. The first-order chi connectivity index (χ1) is 3.72. The fourth-order valence-electron chi connectivity index (χ4n) is 0.424. The number of aliphatic hydroxyl groups excluding tert-OH is 2. The largest absolute Gasteiger partial charge is 0.394 e. The minimum Gasteiger partial charge on any atom is -0.394 e. The van der Waals surface area contributed by atoms with Crippen molar-refractivity contribution < 1.29 is 14.9 Å². The normalized spacial score (nSPS) is 18.0. The quantitative estimate of drug-likeness (QED) is 0.521. The van der Waals surface area contributed by atoms with Crippen molar-refractivity contribution in [3.8, 4) is 0 Å². The summed E-state index contributed by atoms with van der Waals surface area (Å²) in [5.41, 5.74) is 0. The molecule has 50 valence electrons. The third-order valence-electron chi connectivity index (χ3n) is 1.02. The first-order valence-corrected chi connectivity index (χ1v) is 2.54. The lowest BCUT2D eigenvalue weighted by Gasteiger charge is -2.13. The van der Waals surface area contributed by atoms with Crippen LogP contribution in [-0.4, -0.2) is 36.1 Å². The molecule has 2 N–H and O–H groups in total. The monoisotopic (exact) mass is 120 g/mol. The number of hydrogen-bond donors (Lipinski definition) is 2. The van der Waals surface area contributed by atoms with Crippen LogP contribution < -0.4 is 0 Å². The summed E-state index contributed by atoms with van der Waals surface area (Å²) in [5, 5.41) is 17.1. The van der Waals surface area contributed by atoms with E-state index in [9.17, 15) is 0 Å². The molecule has 0 aromatic rings. The summed E-state index contributed by atoms with van der Waals surface area (Å²) in [6, 6.07) is 0. The van der Waals surface area contributed by atoms with Gasteiger partial charge >= 0.3 is 0 Å². The molecule has 0 aliphatic heterocycles. The molecule has 2 atom stereocenters. The zero-order valence-corrected chi connectivity index (χ0v) is 5.16. The maximum atomic E-state index is 8.73. The molecule has 0 spiro atoms. The van der Waals surface area contributed by atoms with Crippen LogP contribution in [0.4, 0.5) is 0 Å². The lowest BCUT2D eigenvalue weighted by atomic mass is 10.2. The van der Waals surface area contributed by atoms with Crippen molar-refractivity contribution in [1.82, 2.24) is 0 Å². The molecule has 0 rings (SSSR count). The molecular weight excluding hydrogens is 108 g/mol. The lowest BCUT2D eigenvalue weighted by Crippen LogP contribution is -2.28. The molecule has 1 unspecified atom stereocenters. The fourth-order valence-corrected chi connectivity index (χ4v) is 0.424. The highest BCUT2D eigenvalue weighted by Crippen LogP contribution is 1.93. The summed E-state index contributed by atoms with van der Waals surface area (Å²) in [6.07, 6.45) is -1.03. The van der Waals surface area contributed by atoms with E-state index in [1.54, 1.807) is 6.92 Å². The smallest absolute Gasteiger partial charge is 0.106 e. The zero-order chi connectivity index (χ0) is 6.57. The van der Waals surface area contributed by atoms with E-state index >= 15 is 0 Å². The molecule has 0 radical (unpaired) electrons. The van der Waals surface area contributed by atoms with Gasteiger partial charge in [-0.15, -0.1) is 0 Å². The van der Waals surface area contributed by atoms with E-state index in [0.29, 0.717) is 0 Å². The Hall–Kier alpha value is -0.120. The van der Waals surface area contributed by atoms with Crippen molar-refractivity contribution in [3.05, 3.63) is 0 Å². The van der Waals surface area contributed by atoms with Crippen LogP contribution in [0.5, 0.6) is 0 Å². The summed E-state index contributed by atoms with van der Waals surface area (Å²) in [7, 11) is 1.45. The van der Waals surface area contributed by atoms with Gasteiger partial charge in [-0.05, 0) is 6.92 Å². The Balaban J connectivity index is 3.35. The molecule has 0 aromatic carbocycles. The van der Waals surface area contributed by atoms with Gasteiger partial charge in [0, 0.05) is 7.11 Å². The van der Waals surface area contributed by atoms with E-state index in [-0.39, 0.29) is 6.61 Å². The fraction of sp³-hybridized carbons (Fsp3) is 1.00. The van der Waals surface area contributed by atoms with Gasteiger partial charge in [-0.25, -0.2) is 0 Å². The van der Waals surface area contributed by atoms with Gasteiger partial charge in [0.1, 0.15) is 6.10 Å². The molecule has 0 saturated heterocycles. The van der Waals surface area contributed by atoms with E-state index in [0.717, 1.165) is 0 Å². The highest BCUT2D eigenvalue weighted by molar-refractivity contribution is 4.60. The van der Waals surface area contributed by atoms with E-state index in [1.165, 1.54) is 7.11 Å². The Morgan fingerprint density at radius 1 is 1.62 bits per heavy atom. The van der Waals surface area contributed by atoms with Crippen molar-refractivity contribution >= 4 is 0 Å². The lowest BCUT2D eigenvalue weighted by molar-refractivity contribution is -0.0326. The minimum atomic E-state index is -0.593. The second-order valence-electron chi connectivity index (χ2n) is 1.70. The highest BCUT2D eigenvalue weighted by Gasteiger charge is 2.10. The van der Waals surface area contributed by atoms with Gasteiger partial charge in [0.05, 0.1) is 12.7 Å². The third kappa shape index (κ3) is 2.26. The standard InChI is InChI=1S/C5H12O3/c1-4(7)5(3-6)8-2/h4-7H,3H2,1-2H3/t4-,5?/m0/s1. The van der Waals surface area contributed by atoms with E-state index in [2.05, 4.69) is 4.74 Å². The number of rotatable bonds is 3. The Morgan fingerprint density at radius 3 is 2.12 bits per heavy atom. The Labute approximate surface area is 48.9 Å². The van der Waals surface area contributed by atoms with Gasteiger partial charge < -0.3 is 14.9 Å². The van der Waals surface area contributed by atoms with Crippen molar-refractivity contribution in [1.29, 1.82) is 0 Å². The molecule has 3 heteroatoms. The highest BCUT2D eigenvalue weighted by atomic mass is 16.5. The second-order valence-corrected chi connectivity index (χ2v) is 1.70. The number of aliphatic hydroxyl groups is 2. The summed E-state index contributed by atoms with van der Waals surface area (Å²) >= 11 is 0. The van der Waals surface area contributed by atoms with Crippen LogP contribution in [0.3, 0.4) is 0 Å². The van der Waals surface area contributed by atoms with Gasteiger partial charge in [0.2, 0.25) is 0 Å². The van der Waals surface area contributed by atoms with Crippen molar-refractivity contribution in [3.63, 3.8) is 0 Å². The van der Waals surface area contributed by atoms with Crippen molar-refractivity contribution in [2.24, 2.45) is 0 Å². The van der Waals surface area contributed by atoms with Gasteiger partial charge in [0.25, 0.3) is 0 Å². The second kappa shape index (κ2) is 3.83. The number of hydrogen-bond acceptors (Lipinski definition) is 3. The van der Waals surface area contributed by atoms with Crippen LogP contribution in [0.1, 0.15) is 6.92 Å². The Bertz CT molecular complexity index is 49.6. The minimum absolute atomic E-state index is 0.131. The molecule has 8 heavy (non-hydrogen) atoms. The Kier molecular flexibility index (Phi) is 3.77. The average Bonchev–Trinajstić information content (AvgIpc) is 1.69. The first-order valence-electron chi connectivity index (χ1n) is 2.54. The summed E-state index contributed by atoms with van der Waals surface area (Å²) in [6.45, 7) is 1.44. The first kappa shape index (κ1) is 7.88. The van der Waals surface area contributed by atoms with Crippen LogP contribution in [0.15, 0.2) is 0 Å². The van der Waals surface area contributed by atoms with Gasteiger partial charge in [-0.2, -0.15) is 0 Å². The molecule has 0 heterocycles. The van der Waals surface area contributed by atoms with Crippen molar-refractivity contribution in [2.75, 3.05) is 13.7 Å². The van der Waals surface area contributed by atoms with E-state index < -0.39 is 12.2 Å². The maximum Gasteiger partial charge on any atom is 0.106 e. The predicted octanol–water partition coefficient (Wildman–Crippen LogP) is -0.626. The summed E-state index contributed by atoms with van der Waals surface area (Å²) < 4.78 is 4.66. The van der Waals surface area contributed by atoms with Gasteiger partial charge in [-0.1, -0.05) is 0 Å². The molecule has 3 nitrogen and oxygen atoms in total. The van der Waals surface area contributed by atoms with Crippen LogP contribution in [0, 0.1) is 0 Å². The Morgan fingerprint density at radius 2 is 2.12 bits per heavy atom. The van der Waals surface area contributed by atoms with E-state index in [4.69, 9.17) is 10.2 Å².